The minimum atomic E-state index is -2.08. The van der Waals surface area contributed by atoms with Gasteiger partial charge in [-0.25, -0.2) is 26.7 Å². The summed E-state index contributed by atoms with van der Waals surface area (Å²) < 4.78 is 67.3. The third-order valence-electron chi connectivity index (χ3n) is 3.44. The van der Waals surface area contributed by atoms with Gasteiger partial charge in [0.2, 0.25) is 0 Å². The molecular formula is C16H6F5NO2. The van der Waals surface area contributed by atoms with Crippen molar-refractivity contribution in [2.45, 2.75) is 0 Å². The molecule has 3 aromatic rings. The van der Waals surface area contributed by atoms with Gasteiger partial charge in [-0.05, 0) is 24.3 Å². The molecule has 3 rings (SSSR count). The van der Waals surface area contributed by atoms with Gasteiger partial charge in [-0.15, -0.1) is 0 Å². The zero-order valence-corrected chi connectivity index (χ0v) is 11.6. The lowest BCUT2D eigenvalue weighted by atomic mass is 9.97. The maximum absolute atomic E-state index is 14.0. The van der Waals surface area contributed by atoms with E-state index in [0.29, 0.717) is 6.07 Å². The lowest BCUT2D eigenvalue weighted by molar-refractivity contribution is 0.0699. The van der Waals surface area contributed by atoms with Crippen LogP contribution in [-0.2, 0) is 0 Å². The van der Waals surface area contributed by atoms with Gasteiger partial charge in [0.05, 0.1) is 11.1 Å². The first kappa shape index (κ1) is 15.9. The molecule has 8 heteroatoms. The second-order valence-electron chi connectivity index (χ2n) is 4.86. The van der Waals surface area contributed by atoms with Gasteiger partial charge in [0.15, 0.2) is 23.3 Å². The molecule has 0 spiro atoms. The highest BCUT2D eigenvalue weighted by Gasteiger charge is 2.25. The normalized spacial score (nSPS) is 11.0. The minimum absolute atomic E-state index is 0.0843. The number of aromatic carboxylic acids is 1. The number of fused-ring (bicyclic) bond motifs is 1. The van der Waals surface area contributed by atoms with Crippen molar-refractivity contribution in [2.24, 2.45) is 0 Å². The predicted octanol–water partition coefficient (Wildman–Crippen LogP) is 4.30. The molecule has 3 nitrogen and oxygen atoms in total. The second kappa shape index (κ2) is 5.55. The van der Waals surface area contributed by atoms with E-state index in [1.54, 1.807) is 0 Å². The first-order valence-corrected chi connectivity index (χ1v) is 6.46. The third-order valence-corrected chi connectivity index (χ3v) is 3.44. The van der Waals surface area contributed by atoms with Crippen molar-refractivity contribution < 1.29 is 31.9 Å². The topological polar surface area (TPSA) is 50.2 Å². The zero-order chi connectivity index (χ0) is 17.6. The molecule has 122 valence electrons. The Morgan fingerprint density at radius 2 is 1.62 bits per heavy atom. The number of hydrogen-bond acceptors (Lipinski definition) is 2. The fourth-order valence-corrected chi connectivity index (χ4v) is 2.37. The van der Waals surface area contributed by atoms with Crippen LogP contribution in [-0.4, -0.2) is 16.1 Å². The highest BCUT2D eigenvalue weighted by atomic mass is 19.2. The van der Waals surface area contributed by atoms with Crippen molar-refractivity contribution in [1.82, 2.24) is 4.98 Å². The summed E-state index contributed by atoms with van der Waals surface area (Å²) in [5.74, 6) is -9.93. The summed E-state index contributed by atoms with van der Waals surface area (Å²) in [6.45, 7) is 0. The van der Waals surface area contributed by atoms with E-state index in [0.717, 1.165) is 18.3 Å². The molecule has 0 atom stereocenters. The molecule has 0 radical (unpaired) electrons. The molecule has 0 saturated carbocycles. The lowest BCUT2D eigenvalue weighted by Gasteiger charge is -2.11. The number of aromatic nitrogens is 1. The van der Waals surface area contributed by atoms with Crippen molar-refractivity contribution in [2.75, 3.05) is 0 Å². The van der Waals surface area contributed by atoms with E-state index >= 15 is 0 Å². The van der Waals surface area contributed by atoms with Crippen LogP contribution in [0.2, 0.25) is 0 Å². The Morgan fingerprint density at radius 1 is 0.917 bits per heavy atom. The molecular weight excluding hydrogens is 333 g/mol. The van der Waals surface area contributed by atoms with Crippen LogP contribution in [0, 0.1) is 29.1 Å². The van der Waals surface area contributed by atoms with Gasteiger partial charge < -0.3 is 5.11 Å². The lowest BCUT2D eigenvalue weighted by Crippen LogP contribution is -2.06. The first-order chi connectivity index (χ1) is 11.3. The Kier molecular flexibility index (Phi) is 3.67. The molecule has 0 aliphatic heterocycles. The molecule has 2 aromatic carbocycles. The summed E-state index contributed by atoms with van der Waals surface area (Å²) in [4.78, 5) is 15.4. The van der Waals surface area contributed by atoms with E-state index in [1.165, 1.54) is 6.07 Å². The van der Waals surface area contributed by atoms with Crippen molar-refractivity contribution >= 4 is 16.9 Å². The molecule has 0 bridgehead atoms. The summed E-state index contributed by atoms with van der Waals surface area (Å²) >= 11 is 0. The summed E-state index contributed by atoms with van der Waals surface area (Å²) in [5.41, 5.74) is -1.86. The predicted molar refractivity (Wildman–Crippen MR) is 73.9 cm³/mol. The van der Waals surface area contributed by atoms with E-state index in [1.807, 2.05) is 0 Å². The smallest absolute Gasteiger partial charge is 0.337 e. The van der Waals surface area contributed by atoms with Gasteiger partial charge in [0, 0.05) is 22.7 Å². The Balaban J connectivity index is 2.43. The molecule has 1 aromatic heterocycles. The van der Waals surface area contributed by atoms with Gasteiger partial charge in [-0.1, -0.05) is 0 Å². The van der Waals surface area contributed by atoms with Crippen LogP contribution in [0.15, 0.2) is 30.5 Å². The molecule has 0 aliphatic carbocycles. The maximum atomic E-state index is 14.0. The van der Waals surface area contributed by atoms with Gasteiger partial charge in [0.1, 0.15) is 5.82 Å². The molecule has 0 aliphatic rings. The number of carboxylic acids is 1. The first-order valence-electron chi connectivity index (χ1n) is 6.46. The number of rotatable bonds is 2. The van der Waals surface area contributed by atoms with E-state index in [4.69, 9.17) is 0 Å². The summed E-state index contributed by atoms with van der Waals surface area (Å²) in [7, 11) is 0. The average Bonchev–Trinajstić information content (AvgIpc) is 2.54. The number of halogens is 5. The van der Waals surface area contributed by atoms with E-state index in [2.05, 4.69) is 4.98 Å². The number of nitrogens with zero attached hydrogens (tertiary/aromatic N) is 1. The Hall–Kier alpha value is -3.03. The summed E-state index contributed by atoms with van der Waals surface area (Å²) in [5, 5.41) is 9.18. The van der Waals surface area contributed by atoms with Crippen LogP contribution >= 0.6 is 0 Å². The summed E-state index contributed by atoms with van der Waals surface area (Å²) in [6, 6.07) is 3.41. The fraction of sp³-hybridized carbons (Fsp3) is 0. The fourth-order valence-electron chi connectivity index (χ4n) is 2.37. The number of pyridine rings is 1. The molecule has 24 heavy (non-hydrogen) atoms. The number of carbonyl (C=O) groups is 1. The monoisotopic (exact) mass is 339 g/mol. The van der Waals surface area contributed by atoms with Crippen LogP contribution < -0.4 is 0 Å². The zero-order valence-electron chi connectivity index (χ0n) is 11.6. The number of carboxylic acid groups (broad SMARTS) is 1. The van der Waals surface area contributed by atoms with Crippen molar-refractivity contribution in [1.29, 1.82) is 0 Å². The standard InChI is InChI=1S/C16H6F5NO2/c17-6-1-2-11-8(3-6)12(16(23)24)9(5-22-11)7-4-10(18)14(20)15(21)13(7)19/h1-5H,(H,23,24). The molecule has 1 N–H and O–H groups in total. The Bertz CT molecular complexity index is 1000. The van der Waals surface area contributed by atoms with E-state index < -0.39 is 51.7 Å². The van der Waals surface area contributed by atoms with Gasteiger partial charge in [-0.2, -0.15) is 0 Å². The van der Waals surface area contributed by atoms with Gasteiger partial charge in [-0.3, -0.25) is 4.98 Å². The third kappa shape index (κ3) is 2.36. The quantitative estimate of drug-likeness (QED) is 0.430. The van der Waals surface area contributed by atoms with Crippen LogP contribution in [0.5, 0.6) is 0 Å². The van der Waals surface area contributed by atoms with Crippen LogP contribution in [0.3, 0.4) is 0 Å². The van der Waals surface area contributed by atoms with Gasteiger partial charge >= 0.3 is 5.97 Å². The SMILES string of the molecule is O=C(O)c1c(-c2cc(F)c(F)c(F)c2F)cnc2ccc(F)cc12. The van der Waals surface area contributed by atoms with Crippen LogP contribution in [0.25, 0.3) is 22.0 Å². The van der Waals surface area contributed by atoms with E-state index in [9.17, 15) is 31.9 Å². The highest BCUT2D eigenvalue weighted by Crippen LogP contribution is 2.33. The van der Waals surface area contributed by atoms with Crippen molar-refractivity contribution in [3.8, 4) is 11.1 Å². The van der Waals surface area contributed by atoms with E-state index in [-0.39, 0.29) is 10.9 Å². The molecule has 1 heterocycles. The molecule has 0 amide bonds. The van der Waals surface area contributed by atoms with Crippen molar-refractivity contribution in [3.63, 3.8) is 0 Å². The molecule has 0 fully saturated rings. The molecule has 0 unspecified atom stereocenters. The Labute approximate surface area is 131 Å². The Morgan fingerprint density at radius 3 is 2.29 bits per heavy atom. The molecule has 0 saturated heterocycles. The maximum Gasteiger partial charge on any atom is 0.337 e. The minimum Gasteiger partial charge on any atom is -0.478 e. The van der Waals surface area contributed by atoms with Crippen LogP contribution in [0.4, 0.5) is 22.0 Å². The highest BCUT2D eigenvalue weighted by molar-refractivity contribution is 6.08. The summed E-state index contributed by atoms with van der Waals surface area (Å²) in [6.07, 6.45) is 0.874. The van der Waals surface area contributed by atoms with Gasteiger partial charge in [0.25, 0.3) is 0 Å². The second-order valence-corrected chi connectivity index (χ2v) is 4.86. The largest absolute Gasteiger partial charge is 0.478 e. The number of benzene rings is 2. The number of hydrogen-bond donors (Lipinski definition) is 1. The van der Waals surface area contributed by atoms with Crippen molar-refractivity contribution in [3.05, 3.63) is 65.1 Å². The average molecular weight is 339 g/mol. The van der Waals surface area contributed by atoms with Crippen LogP contribution in [0.1, 0.15) is 10.4 Å².